The lowest BCUT2D eigenvalue weighted by Crippen LogP contribution is -2.35. The van der Waals surface area contributed by atoms with Gasteiger partial charge in [-0.05, 0) is 39.1 Å². The van der Waals surface area contributed by atoms with Crippen molar-refractivity contribution < 1.29 is 9.84 Å². The van der Waals surface area contributed by atoms with E-state index in [1.54, 1.807) is 7.11 Å². The van der Waals surface area contributed by atoms with E-state index in [2.05, 4.69) is 20.8 Å². The number of benzene rings is 1. The molecule has 0 aromatic heterocycles. The Balaban J connectivity index is 2.76. The van der Waals surface area contributed by atoms with Crippen LogP contribution in [0.3, 0.4) is 0 Å². The van der Waals surface area contributed by atoms with Crippen LogP contribution in [0.5, 0.6) is 5.75 Å². The second kappa shape index (κ2) is 5.85. The topological polar surface area (TPSA) is 32.7 Å². The molecule has 0 heterocycles. The summed E-state index contributed by atoms with van der Waals surface area (Å²) in [5, 5.41) is 9.76. The Morgan fingerprint density at radius 1 is 1.41 bits per heavy atom. The number of nitrogens with zero attached hydrogens (tertiary/aromatic N) is 1. The van der Waals surface area contributed by atoms with Crippen molar-refractivity contribution >= 4 is 15.9 Å². The second-order valence-corrected chi connectivity index (χ2v) is 5.86. The fourth-order valence-electron chi connectivity index (χ4n) is 1.88. The van der Waals surface area contributed by atoms with Gasteiger partial charge in [-0.1, -0.05) is 15.9 Å². The third kappa shape index (κ3) is 5.06. The lowest BCUT2D eigenvalue weighted by atomic mass is 10.1. The predicted octanol–water partition coefficient (Wildman–Crippen LogP) is 2.66. The maximum absolute atomic E-state index is 9.76. The molecule has 0 fully saturated rings. The van der Waals surface area contributed by atoms with Crippen LogP contribution in [0.4, 0.5) is 0 Å². The predicted molar refractivity (Wildman–Crippen MR) is 73.3 cm³/mol. The highest BCUT2D eigenvalue weighted by Gasteiger charge is 2.16. The van der Waals surface area contributed by atoms with E-state index in [1.165, 1.54) is 0 Å². The van der Waals surface area contributed by atoms with Gasteiger partial charge in [-0.3, -0.25) is 4.90 Å². The van der Waals surface area contributed by atoms with Gasteiger partial charge in [-0.2, -0.15) is 0 Å². The van der Waals surface area contributed by atoms with Gasteiger partial charge in [0.1, 0.15) is 5.75 Å². The molecule has 1 rings (SSSR count). The molecule has 0 saturated carbocycles. The first-order chi connectivity index (χ1) is 7.81. The SMILES string of the molecule is COc1ccc(Br)cc1CN(C)CC(C)(C)O. The monoisotopic (exact) mass is 301 g/mol. The minimum absolute atomic E-state index is 0.614. The average Bonchev–Trinajstić information content (AvgIpc) is 2.14. The average molecular weight is 302 g/mol. The first-order valence-corrected chi connectivity index (χ1v) is 6.34. The van der Waals surface area contributed by atoms with Gasteiger partial charge in [0, 0.05) is 23.1 Å². The van der Waals surface area contributed by atoms with Gasteiger partial charge in [0.05, 0.1) is 12.7 Å². The lowest BCUT2D eigenvalue weighted by molar-refractivity contribution is 0.0423. The Morgan fingerprint density at radius 3 is 2.59 bits per heavy atom. The molecule has 0 unspecified atom stereocenters. The number of aliphatic hydroxyl groups is 1. The van der Waals surface area contributed by atoms with Crippen LogP contribution in [0.1, 0.15) is 19.4 Å². The molecule has 4 heteroatoms. The van der Waals surface area contributed by atoms with Crippen molar-refractivity contribution in [3.05, 3.63) is 28.2 Å². The minimum Gasteiger partial charge on any atom is -0.496 e. The highest BCUT2D eigenvalue weighted by Crippen LogP contribution is 2.24. The van der Waals surface area contributed by atoms with Crippen LogP contribution >= 0.6 is 15.9 Å². The summed E-state index contributed by atoms with van der Waals surface area (Å²) in [4.78, 5) is 2.07. The Bertz CT molecular complexity index is 374. The molecule has 1 aromatic carbocycles. The van der Waals surface area contributed by atoms with Crippen molar-refractivity contribution in [3.63, 3.8) is 0 Å². The summed E-state index contributed by atoms with van der Waals surface area (Å²) in [5.74, 6) is 0.871. The molecule has 0 amide bonds. The molecule has 1 aromatic rings. The number of hydrogen-bond acceptors (Lipinski definition) is 3. The fraction of sp³-hybridized carbons (Fsp3) is 0.538. The fourth-order valence-corrected chi connectivity index (χ4v) is 2.29. The molecular weight excluding hydrogens is 282 g/mol. The molecule has 0 bridgehead atoms. The van der Waals surface area contributed by atoms with Crippen molar-refractivity contribution in [2.24, 2.45) is 0 Å². The van der Waals surface area contributed by atoms with Crippen LogP contribution in [0.25, 0.3) is 0 Å². The third-order valence-electron chi connectivity index (χ3n) is 2.34. The molecule has 3 nitrogen and oxygen atoms in total. The van der Waals surface area contributed by atoms with Crippen molar-refractivity contribution in [2.75, 3.05) is 20.7 Å². The van der Waals surface area contributed by atoms with Crippen LogP contribution < -0.4 is 4.74 Å². The van der Waals surface area contributed by atoms with Gasteiger partial charge in [-0.25, -0.2) is 0 Å². The highest BCUT2D eigenvalue weighted by molar-refractivity contribution is 9.10. The molecule has 0 aliphatic rings. The molecule has 0 saturated heterocycles. The van der Waals surface area contributed by atoms with Crippen molar-refractivity contribution in [1.29, 1.82) is 0 Å². The van der Waals surface area contributed by atoms with E-state index in [0.717, 1.165) is 22.3 Å². The Hall–Kier alpha value is -0.580. The number of methoxy groups -OCH3 is 1. The molecule has 1 N–H and O–H groups in total. The number of likely N-dealkylation sites (N-methyl/N-ethyl adjacent to an activating group) is 1. The number of hydrogen-bond donors (Lipinski definition) is 1. The highest BCUT2D eigenvalue weighted by atomic mass is 79.9. The molecule has 0 radical (unpaired) electrons. The normalized spacial score (nSPS) is 11.9. The Morgan fingerprint density at radius 2 is 2.06 bits per heavy atom. The van der Waals surface area contributed by atoms with E-state index in [0.29, 0.717) is 6.54 Å². The van der Waals surface area contributed by atoms with E-state index < -0.39 is 5.60 Å². The van der Waals surface area contributed by atoms with Crippen molar-refractivity contribution in [2.45, 2.75) is 26.0 Å². The van der Waals surface area contributed by atoms with Crippen LogP contribution in [0.2, 0.25) is 0 Å². The minimum atomic E-state index is -0.687. The summed E-state index contributed by atoms with van der Waals surface area (Å²) in [7, 11) is 3.65. The zero-order chi connectivity index (χ0) is 13.1. The van der Waals surface area contributed by atoms with Gasteiger partial charge in [0.2, 0.25) is 0 Å². The quantitative estimate of drug-likeness (QED) is 0.907. The van der Waals surface area contributed by atoms with E-state index >= 15 is 0 Å². The van der Waals surface area contributed by atoms with Gasteiger partial charge < -0.3 is 9.84 Å². The first-order valence-electron chi connectivity index (χ1n) is 5.55. The molecule has 0 spiro atoms. The third-order valence-corrected chi connectivity index (χ3v) is 2.83. The number of halogens is 1. The summed E-state index contributed by atoms with van der Waals surface area (Å²) >= 11 is 3.45. The van der Waals surface area contributed by atoms with Gasteiger partial charge >= 0.3 is 0 Å². The van der Waals surface area contributed by atoms with E-state index in [9.17, 15) is 5.11 Å². The van der Waals surface area contributed by atoms with Gasteiger partial charge in [0.15, 0.2) is 0 Å². The van der Waals surface area contributed by atoms with Gasteiger partial charge in [-0.15, -0.1) is 0 Å². The first kappa shape index (κ1) is 14.5. The molecule has 0 atom stereocenters. The molecule has 0 aliphatic heterocycles. The molecule has 0 aliphatic carbocycles. The van der Waals surface area contributed by atoms with Crippen molar-refractivity contribution in [3.8, 4) is 5.75 Å². The molecular formula is C13H20BrNO2. The Kier molecular flexibility index (Phi) is 4.98. The molecule has 96 valence electrons. The van der Waals surface area contributed by atoms with E-state index in [1.807, 2.05) is 39.1 Å². The summed E-state index contributed by atoms with van der Waals surface area (Å²) in [5.41, 5.74) is 0.419. The molecule has 17 heavy (non-hydrogen) atoms. The van der Waals surface area contributed by atoms with Crippen LogP contribution in [-0.2, 0) is 6.54 Å². The maximum Gasteiger partial charge on any atom is 0.123 e. The zero-order valence-corrected chi connectivity index (χ0v) is 12.4. The summed E-state index contributed by atoms with van der Waals surface area (Å²) in [6, 6.07) is 5.94. The lowest BCUT2D eigenvalue weighted by Gasteiger charge is -2.26. The Labute approximate surface area is 112 Å². The van der Waals surface area contributed by atoms with Crippen LogP contribution in [0.15, 0.2) is 22.7 Å². The maximum atomic E-state index is 9.76. The second-order valence-electron chi connectivity index (χ2n) is 4.94. The number of ether oxygens (including phenoxy) is 1. The summed E-state index contributed by atoms with van der Waals surface area (Å²) in [6.07, 6.45) is 0. The summed E-state index contributed by atoms with van der Waals surface area (Å²) in [6.45, 7) is 4.97. The van der Waals surface area contributed by atoms with E-state index in [4.69, 9.17) is 4.74 Å². The zero-order valence-electron chi connectivity index (χ0n) is 10.8. The smallest absolute Gasteiger partial charge is 0.123 e. The standard InChI is InChI=1S/C13H20BrNO2/c1-13(2,16)9-15(3)8-10-7-11(14)5-6-12(10)17-4/h5-7,16H,8-9H2,1-4H3. The number of rotatable bonds is 5. The van der Waals surface area contributed by atoms with E-state index in [-0.39, 0.29) is 0 Å². The summed E-state index contributed by atoms with van der Waals surface area (Å²) < 4.78 is 6.35. The van der Waals surface area contributed by atoms with Gasteiger partial charge in [0.25, 0.3) is 0 Å². The van der Waals surface area contributed by atoms with Crippen molar-refractivity contribution in [1.82, 2.24) is 4.90 Å². The van der Waals surface area contributed by atoms with Crippen LogP contribution in [-0.4, -0.2) is 36.3 Å². The largest absolute Gasteiger partial charge is 0.496 e. The van der Waals surface area contributed by atoms with Crippen LogP contribution in [0, 0.1) is 0 Å².